The average molecular weight is 513 g/mol. The number of anilines is 2. The lowest BCUT2D eigenvalue weighted by molar-refractivity contribution is -0.124. The van der Waals surface area contributed by atoms with Crippen molar-refractivity contribution in [3.8, 4) is 0 Å². The van der Waals surface area contributed by atoms with E-state index < -0.39 is 23.8 Å². The zero-order valence-corrected chi connectivity index (χ0v) is 19.9. The largest absolute Gasteiger partial charge is 0.326 e. The maximum atomic E-state index is 13.4. The zero-order valence-electron chi connectivity index (χ0n) is 17.6. The molecule has 0 spiro atoms. The number of halogens is 2. The number of amides is 3. The van der Waals surface area contributed by atoms with Crippen molar-refractivity contribution in [1.82, 2.24) is 10.4 Å². The lowest BCUT2D eigenvalue weighted by Gasteiger charge is -2.24. The van der Waals surface area contributed by atoms with Gasteiger partial charge in [-0.1, -0.05) is 41.4 Å². The fourth-order valence-corrected chi connectivity index (χ4v) is 4.03. The topological polar surface area (TPSA) is 81.8 Å². The number of thiocarbonyl (C=S) groups is 1. The molecule has 1 aliphatic rings. The first-order valence-corrected chi connectivity index (χ1v) is 11.3. The third-order valence-corrected chi connectivity index (χ3v) is 5.95. The molecule has 1 fully saturated rings. The molecule has 3 aromatic carbocycles. The molecule has 3 aromatic rings. The van der Waals surface area contributed by atoms with Crippen LogP contribution in [0.1, 0.15) is 16.8 Å². The first-order valence-electron chi connectivity index (χ1n) is 10.2. The van der Waals surface area contributed by atoms with E-state index in [0.29, 0.717) is 27.0 Å². The highest BCUT2D eigenvalue weighted by Gasteiger charge is 2.45. The van der Waals surface area contributed by atoms with E-state index >= 15 is 0 Å². The summed E-state index contributed by atoms with van der Waals surface area (Å²) in [5, 5.41) is 5.06. The number of carbonyl (C=O) groups excluding carboxylic acids is 3. The van der Waals surface area contributed by atoms with Gasteiger partial charge < -0.3 is 5.32 Å². The van der Waals surface area contributed by atoms with Crippen molar-refractivity contribution in [2.45, 2.75) is 12.5 Å². The van der Waals surface area contributed by atoms with Gasteiger partial charge in [0, 0.05) is 21.3 Å². The number of para-hydroxylation sites is 1. The van der Waals surface area contributed by atoms with E-state index in [-0.39, 0.29) is 11.5 Å². The molecule has 1 atom stereocenters. The Labute approximate surface area is 211 Å². The number of carbonyl (C=O) groups is 3. The maximum Gasteiger partial charge on any atom is 0.269 e. The molecular formula is C24H18Cl2N4O3S. The lowest BCUT2D eigenvalue weighted by Crippen LogP contribution is -2.49. The first kappa shape index (κ1) is 23.7. The summed E-state index contributed by atoms with van der Waals surface area (Å²) in [6, 6.07) is 20.6. The number of nitrogens with zero attached hydrogens (tertiary/aromatic N) is 2. The second kappa shape index (κ2) is 10.2. The SMILES string of the molecule is O=C(CC1C(=O)N(c2ccccc2)C(=S)N1NC(=O)c1ccc(Cl)cc1)Nc1ccc(Cl)cc1. The standard InChI is InChI=1S/C24H18Cl2N4O3S/c25-16-8-6-15(7-9-16)22(32)28-30-20(14-21(31)27-18-12-10-17(26)11-13-18)23(33)29(24(30)34)19-4-2-1-3-5-19/h1-13,20H,14H2,(H,27,31)(H,28,32). The summed E-state index contributed by atoms with van der Waals surface area (Å²) in [5.41, 5.74) is 4.05. The van der Waals surface area contributed by atoms with Gasteiger partial charge in [-0.25, -0.2) is 5.01 Å². The highest BCUT2D eigenvalue weighted by atomic mass is 35.5. The molecule has 34 heavy (non-hydrogen) atoms. The molecular weight excluding hydrogens is 495 g/mol. The number of benzene rings is 3. The Hall–Kier alpha value is -3.46. The number of hydrogen-bond donors (Lipinski definition) is 2. The van der Waals surface area contributed by atoms with Gasteiger partial charge in [0.1, 0.15) is 6.04 Å². The van der Waals surface area contributed by atoms with Crippen LogP contribution in [0.3, 0.4) is 0 Å². The van der Waals surface area contributed by atoms with Gasteiger partial charge in [-0.15, -0.1) is 0 Å². The van der Waals surface area contributed by atoms with Crippen LogP contribution < -0.4 is 15.6 Å². The van der Waals surface area contributed by atoms with Crippen LogP contribution in [0.25, 0.3) is 0 Å². The molecule has 1 heterocycles. The normalized spacial score (nSPS) is 15.4. The van der Waals surface area contributed by atoms with Crippen LogP contribution >= 0.6 is 35.4 Å². The van der Waals surface area contributed by atoms with Crippen molar-refractivity contribution >= 4 is 69.6 Å². The molecule has 3 amide bonds. The molecule has 0 aliphatic carbocycles. The molecule has 1 saturated heterocycles. The third kappa shape index (κ3) is 5.20. The summed E-state index contributed by atoms with van der Waals surface area (Å²) < 4.78 is 0. The molecule has 0 aromatic heterocycles. The number of hydrazine groups is 1. The fourth-order valence-electron chi connectivity index (χ4n) is 3.41. The summed E-state index contributed by atoms with van der Waals surface area (Å²) in [6.07, 6.45) is -0.244. The molecule has 1 aliphatic heterocycles. The Morgan fingerprint density at radius 3 is 2.09 bits per heavy atom. The summed E-state index contributed by atoms with van der Waals surface area (Å²) in [5.74, 6) is -1.35. The average Bonchev–Trinajstić information content (AvgIpc) is 3.05. The van der Waals surface area contributed by atoms with Gasteiger partial charge in [-0.2, -0.15) is 0 Å². The maximum absolute atomic E-state index is 13.4. The van der Waals surface area contributed by atoms with Gasteiger partial charge >= 0.3 is 0 Å². The monoisotopic (exact) mass is 512 g/mol. The Bertz CT molecular complexity index is 1240. The molecule has 4 rings (SSSR count). The summed E-state index contributed by atoms with van der Waals surface area (Å²) in [6.45, 7) is 0. The molecule has 1 unspecified atom stereocenters. The minimum Gasteiger partial charge on any atom is -0.326 e. The quantitative estimate of drug-likeness (QED) is 0.469. The van der Waals surface area contributed by atoms with Crippen molar-refractivity contribution in [2.75, 3.05) is 10.2 Å². The van der Waals surface area contributed by atoms with Crippen molar-refractivity contribution in [1.29, 1.82) is 0 Å². The molecule has 172 valence electrons. The van der Waals surface area contributed by atoms with E-state index in [4.69, 9.17) is 35.4 Å². The molecule has 7 nitrogen and oxygen atoms in total. The van der Waals surface area contributed by atoms with Crippen molar-refractivity contribution in [3.63, 3.8) is 0 Å². The van der Waals surface area contributed by atoms with Gasteiger partial charge in [0.05, 0.1) is 12.1 Å². The van der Waals surface area contributed by atoms with Gasteiger partial charge in [0.2, 0.25) is 11.0 Å². The Kier molecular flexibility index (Phi) is 7.12. The van der Waals surface area contributed by atoms with Crippen LogP contribution in [0.5, 0.6) is 0 Å². The van der Waals surface area contributed by atoms with E-state index in [2.05, 4.69) is 10.7 Å². The molecule has 10 heteroatoms. The Balaban J connectivity index is 1.58. The predicted molar refractivity (Wildman–Crippen MR) is 136 cm³/mol. The minimum atomic E-state index is -1.05. The van der Waals surface area contributed by atoms with Crippen LogP contribution in [0, 0.1) is 0 Å². The number of nitrogens with one attached hydrogen (secondary N) is 2. The van der Waals surface area contributed by atoms with Gasteiger partial charge in [-0.05, 0) is 72.9 Å². The van der Waals surface area contributed by atoms with Crippen LogP contribution in [-0.2, 0) is 9.59 Å². The summed E-state index contributed by atoms with van der Waals surface area (Å²) in [7, 11) is 0. The molecule has 2 N–H and O–H groups in total. The molecule has 0 radical (unpaired) electrons. The first-order chi connectivity index (χ1) is 16.3. The zero-order chi connectivity index (χ0) is 24.2. The molecule has 0 saturated carbocycles. The van der Waals surface area contributed by atoms with Gasteiger partial charge in [-0.3, -0.25) is 24.7 Å². The van der Waals surface area contributed by atoms with Crippen molar-refractivity contribution in [3.05, 3.63) is 94.5 Å². The van der Waals surface area contributed by atoms with E-state index in [1.54, 1.807) is 72.8 Å². The van der Waals surface area contributed by atoms with Gasteiger partial charge in [0.25, 0.3) is 11.8 Å². The second-order valence-corrected chi connectivity index (χ2v) is 8.62. The van der Waals surface area contributed by atoms with Crippen molar-refractivity contribution < 1.29 is 14.4 Å². The lowest BCUT2D eigenvalue weighted by atomic mass is 10.1. The minimum absolute atomic E-state index is 0.0582. The number of hydrogen-bond acceptors (Lipinski definition) is 4. The molecule has 0 bridgehead atoms. The van der Waals surface area contributed by atoms with E-state index in [0.717, 1.165) is 0 Å². The fraction of sp³-hybridized carbons (Fsp3) is 0.0833. The van der Waals surface area contributed by atoms with E-state index in [1.807, 2.05) is 6.07 Å². The van der Waals surface area contributed by atoms with Crippen LogP contribution in [0.15, 0.2) is 78.9 Å². The van der Waals surface area contributed by atoms with Gasteiger partial charge in [0.15, 0.2) is 0 Å². The van der Waals surface area contributed by atoms with Crippen molar-refractivity contribution in [2.24, 2.45) is 0 Å². The Morgan fingerprint density at radius 1 is 0.882 bits per heavy atom. The highest BCUT2D eigenvalue weighted by Crippen LogP contribution is 2.26. The van der Waals surface area contributed by atoms with E-state index in [1.165, 1.54) is 9.91 Å². The smallest absolute Gasteiger partial charge is 0.269 e. The van der Waals surface area contributed by atoms with E-state index in [9.17, 15) is 14.4 Å². The van der Waals surface area contributed by atoms with Crippen LogP contribution in [0.2, 0.25) is 10.0 Å². The number of rotatable bonds is 6. The Morgan fingerprint density at radius 2 is 1.47 bits per heavy atom. The summed E-state index contributed by atoms with van der Waals surface area (Å²) in [4.78, 5) is 40.3. The second-order valence-electron chi connectivity index (χ2n) is 7.38. The van der Waals surface area contributed by atoms with Crippen LogP contribution in [-0.4, -0.2) is 33.9 Å². The third-order valence-electron chi connectivity index (χ3n) is 5.06. The predicted octanol–water partition coefficient (Wildman–Crippen LogP) is 4.67. The summed E-state index contributed by atoms with van der Waals surface area (Å²) >= 11 is 17.3. The highest BCUT2D eigenvalue weighted by molar-refractivity contribution is 7.80. The van der Waals surface area contributed by atoms with Crippen LogP contribution in [0.4, 0.5) is 11.4 Å².